The van der Waals surface area contributed by atoms with Crippen LogP contribution in [0.15, 0.2) is 6.20 Å². The number of rotatable bonds is 6. The molecule has 1 aromatic rings. The van der Waals surface area contributed by atoms with Crippen LogP contribution in [0.2, 0.25) is 0 Å². The lowest BCUT2D eigenvalue weighted by Gasteiger charge is -2.12. The van der Waals surface area contributed by atoms with E-state index in [0.29, 0.717) is 6.04 Å². The molecule has 0 amide bonds. The smallest absolute Gasteiger partial charge is 0.0738 e. The lowest BCUT2D eigenvalue weighted by atomic mass is 10.2. The topological polar surface area (TPSA) is 63.0 Å². The third-order valence-corrected chi connectivity index (χ3v) is 2.24. The Hall–Kier alpha value is -0.940. The van der Waals surface area contributed by atoms with Crippen LogP contribution in [0.3, 0.4) is 0 Å². The second-order valence-electron chi connectivity index (χ2n) is 3.50. The molecule has 1 unspecified atom stereocenters. The van der Waals surface area contributed by atoms with E-state index in [0.717, 1.165) is 25.1 Å². The molecule has 0 spiro atoms. The molecule has 14 heavy (non-hydrogen) atoms. The fraction of sp³-hybridized carbons (Fsp3) is 0.778. The van der Waals surface area contributed by atoms with Gasteiger partial charge in [0.05, 0.1) is 11.9 Å². The fourth-order valence-corrected chi connectivity index (χ4v) is 1.25. The molecule has 0 saturated heterocycles. The summed E-state index contributed by atoms with van der Waals surface area (Å²) in [6.45, 7) is 3.15. The Morgan fingerprint density at radius 2 is 2.43 bits per heavy atom. The van der Waals surface area contributed by atoms with Crippen molar-refractivity contribution in [3.63, 3.8) is 0 Å². The number of aromatic nitrogens is 3. The molecule has 5 heteroatoms. The van der Waals surface area contributed by atoms with Gasteiger partial charge >= 0.3 is 0 Å². The van der Waals surface area contributed by atoms with Gasteiger partial charge in [0.15, 0.2) is 0 Å². The fourth-order valence-electron chi connectivity index (χ4n) is 1.25. The first-order valence-electron chi connectivity index (χ1n) is 4.92. The van der Waals surface area contributed by atoms with E-state index in [1.165, 1.54) is 0 Å². The van der Waals surface area contributed by atoms with Gasteiger partial charge in [-0.2, -0.15) is 0 Å². The van der Waals surface area contributed by atoms with E-state index in [2.05, 4.69) is 22.6 Å². The summed E-state index contributed by atoms with van der Waals surface area (Å²) in [6, 6.07) is 0.414. The Morgan fingerprint density at radius 3 is 3.00 bits per heavy atom. The average Bonchev–Trinajstić information content (AvgIpc) is 2.58. The number of aliphatic hydroxyl groups excluding tert-OH is 1. The van der Waals surface area contributed by atoms with Crippen LogP contribution in [0.4, 0.5) is 0 Å². The van der Waals surface area contributed by atoms with Gasteiger partial charge in [0, 0.05) is 26.2 Å². The van der Waals surface area contributed by atoms with Gasteiger partial charge in [-0.25, -0.2) is 0 Å². The predicted octanol–water partition coefficient (Wildman–Crippen LogP) is 0.0657. The summed E-state index contributed by atoms with van der Waals surface area (Å²) in [5, 5.41) is 19.6. The van der Waals surface area contributed by atoms with E-state index in [9.17, 15) is 0 Å². The Kier molecular flexibility index (Phi) is 4.55. The van der Waals surface area contributed by atoms with Crippen molar-refractivity contribution in [3.8, 4) is 0 Å². The first-order valence-corrected chi connectivity index (χ1v) is 4.92. The minimum Gasteiger partial charge on any atom is -0.396 e. The van der Waals surface area contributed by atoms with Crippen LogP contribution in [-0.4, -0.2) is 32.7 Å². The largest absolute Gasteiger partial charge is 0.396 e. The third-order valence-electron chi connectivity index (χ3n) is 2.24. The highest BCUT2D eigenvalue weighted by molar-refractivity contribution is 4.92. The van der Waals surface area contributed by atoms with E-state index in [1.807, 2.05) is 7.05 Å². The van der Waals surface area contributed by atoms with Crippen LogP contribution in [0, 0.1) is 0 Å². The van der Waals surface area contributed by atoms with Crippen molar-refractivity contribution in [2.45, 2.75) is 32.4 Å². The maximum Gasteiger partial charge on any atom is 0.0738 e. The third kappa shape index (κ3) is 3.43. The van der Waals surface area contributed by atoms with Gasteiger partial charge in [0.2, 0.25) is 0 Å². The summed E-state index contributed by atoms with van der Waals surface area (Å²) >= 11 is 0. The van der Waals surface area contributed by atoms with E-state index < -0.39 is 0 Å². The zero-order chi connectivity index (χ0) is 10.4. The summed E-state index contributed by atoms with van der Waals surface area (Å²) in [6.07, 6.45) is 3.59. The maximum absolute atomic E-state index is 8.66. The molecule has 1 heterocycles. The number of nitrogens with one attached hydrogen (secondary N) is 1. The molecule has 0 aliphatic rings. The molecule has 0 aliphatic carbocycles. The number of hydrogen-bond acceptors (Lipinski definition) is 4. The quantitative estimate of drug-likeness (QED) is 0.679. The molecule has 0 bridgehead atoms. The molecule has 0 aromatic carbocycles. The molecule has 0 aliphatic heterocycles. The highest BCUT2D eigenvalue weighted by atomic mass is 16.2. The lowest BCUT2D eigenvalue weighted by molar-refractivity contribution is 0.276. The molecule has 80 valence electrons. The van der Waals surface area contributed by atoms with Gasteiger partial charge in [-0.1, -0.05) is 5.21 Å². The van der Waals surface area contributed by atoms with E-state index in [4.69, 9.17) is 5.11 Å². The second-order valence-corrected chi connectivity index (χ2v) is 3.50. The molecular weight excluding hydrogens is 180 g/mol. The molecule has 0 radical (unpaired) electrons. The summed E-state index contributed by atoms with van der Waals surface area (Å²) in [5.41, 5.74) is 1.07. The normalized spacial score (nSPS) is 13.1. The SMILES string of the molecule is CC(CCCO)NCc1cnnn1C. The van der Waals surface area contributed by atoms with Crippen molar-refractivity contribution >= 4 is 0 Å². The van der Waals surface area contributed by atoms with Gasteiger partial charge in [-0.3, -0.25) is 4.68 Å². The van der Waals surface area contributed by atoms with Crippen LogP contribution < -0.4 is 5.32 Å². The summed E-state index contributed by atoms with van der Waals surface area (Å²) in [4.78, 5) is 0. The highest BCUT2D eigenvalue weighted by Crippen LogP contribution is 1.98. The zero-order valence-electron chi connectivity index (χ0n) is 8.77. The maximum atomic E-state index is 8.66. The average molecular weight is 198 g/mol. The van der Waals surface area contributed by atoms with Crippen molar-refractivity contribution in [1.29, 1.82) is 0 Å². The van der Waals surface area contributed by atoms with Gasteiger partial charge in [0.25, 0.3) is 0 Å². The van der Waals surface area contributed by atoms with E-state index in [1.54, 1.807) is 10.9 Å². The number of nitrogens with zero attached hydrogens (tertiary/aromatic N) is 3. The van der Waals surface area contributed by atoms with Gasteiger partial charge in [-0.05, 0) is 19.8 Å². The van der Waals surface area contributed by atoms with E-state index in [-0.39, 0.29) is 6.61 Å². The molecule has 0 saturated carbocycles. The van der Waals surface area contributed by atoms with Crippen LogP contribution in [0.1, 0.15) is 25.5 Å². The molecule has 1 aromatic heterocycles. The molecule has 1 rings (SSSR count). The van der Waals surface area contributed by atoms with Crippen molar-refractivity contribution in [2.24, 2.45) is 7.05 Å². The predicted molar refractivity (Wildman–Crippen MR) is 53.6 cm³/mol. The van der Waals surface area contributed by atoms with Gasteiger partial charge < -0.3 is 10.4 Å². The van der Waals surface area contributed by atoms with Crippen molar-refractivity contribution in [3.05, 3.63) is 11.9 Å². The van der Waals surface area contributed by atoms with Crippen molar-refractivity contribution < 1.29 is 5.11 Å². The van der Waals surface area contributed by atoms with Crippen LogP contribution >= 0.6 is 0 Å². The first-order chi connectivity index (χ1) is 6.74. The monoisotopic (exact) mass is 198 g/mol. The molecule has 2 N–H and O–H groups in total. The van der Waals surface area contributed by atoms with Crippen LogP contribution in [0.25, 0.3) is 0 Å². The number of aliphatic hydroxyl groups is 1. The van der Waals surface area contributed by atoms with Crippen molar-refractivity contribution in [1.82, 2.24) is 20.3 Å². The van der Waals surface area contributed by atoms with Gasteiger partial charge in [0.1, 0.15) is 0 Å². The molecule has 0 fully saturated rings. The summed E-state index contributed by atoms with van der Waals surface area (Å²) in [5.74, 6) is 0. The molecular formula is C9H18N4O. The minimum atomic E-state index is 0.263. The minimum absolute atomic E-state index is 0.263. The highest BCUT2D eigenvalue weighted by Gasteiger charge is 2.03. The van der Waals surface area contributed by atoms with Crippen LogP contribution in [-0.2, 0) is 13.6 Å². The number of aryl methyl sites for hydroxylation is 1. The Labute approximate surface area is 84.1 Å². The van der Waals surface area contributed by atoms with Crippen LogP contribution in [0.5, 0.6) is 0 Å². The van der Waals surface area contributed by atoms with E-state index >= 15 is 0 Å². The Bertz CT molecular complexity index is 261. The summed E-state index contributed by atoms with van der Waals surface area (Å²) in [7, 11) is 1.88. The standard InChI is InChI=1S/C9H18N4O/c1-8(4-3-5-14)10-6-9-7-11-12-13(9)2/h7-8,10,14H,3-6H2,1-2H3. The Balaban J connectivity index is 2.23. The Morgan fingerprint density at radius 1 is 1.64 bits per heavy atom. The summed E-state index contributed by atoms with van der Waals surface area (Å²) < 4.78 is 1.76. The lowest BCUT2D eigenvalue weighted by Crippen LogP contribution is -2.26. The number of hydrogen-bond donors (Lipinski definition) is 2. The van der Waals surface area contributed by atoms with Crippen molar-refractivity contribution in [2.75, 3.05) is 6.61 Å². The second kappa shape index (κ2) is 5.72. The molecule has 1 atom stereocenters. The first kappa shape index (κ1) is 11.1. The zero-order valence-corrected chi connectivity index (χ0v) is 8.77. The van der Waals surface area contributed by atoms with Gasteiger partial charge in [-0.15, -0.1) is 5.10 Å². The molecule has 5 nitrogen and oxygen atoms in total.